The second-order valence-corrected chi connectivity index (χ2v) is 10.7. The zero-order valence-electron chi connectivity index (χ0n) is 23.9. The lowest BCUT2D eigenvalue weighted by Gasteiger charge is -2.44. The predicted molar refractivity (Wildman–Crippen MR) is 139 cm³/mol. The lowest BCUT2D eigenvalue weighted by atomic mass is 9.72. The van der Waals surface area contributed by atoms with Crippen molar-refractivity contribution in [2.75, 3.05) is 26.2 Å². The van der Waals surface area contributed by atoms with Gasteiger partial charge in [-0.25, -0.2) is 4.79 Å². The average molecular weight is 695 g/mol. The molecular weight excluding hydrogens is 668 g/mol. The van der Waals surface area contributed by atoms with E-state index in [9.17, 15) is 67.1 Å². The molecule has 3 rings (SSSR count). The molecule has 2 aromatic carbocycles. The Hall–Kier alpha value is -3.87. The van der Waals surface area contributed by atoms with E-state index >= 15 is 0 Å². The van der Waals surface area contributed by atoms with Crippen LogP contribution in [0.25, 0.3) is 0 Å². The van der Waals surface area contributed by atoms with E-state index in [1.807, 2.05) is 0 Å². The lowest BCUT2D eigenvalue weighted by Crippen LogP contribution is -2.67. The molecule has 0 saturated carbocycles. The van der Waals surface area contributed by atoms with Crippen molar-refractivity contribution in [3.05, 3.63) is 69.8 Å². The van der Waals surface area contributed by atoms with Crippen LogP contribution in [0.2, 0.25) is 0 Å². The van der Waals surface area contributed by atoms with Crippen LogP contribution in [-0.4, -0.2) is 53.8 Å². The SMILES string of the molecule is NCCCN1C(=O)N(CCCN)C(=O)C(Cc2cc(C(F)(F)F)cc(C(F)(F)F)c2)(Cc2cc(C(F)(F)F)cc(C(F)(F)F)c2)C1=O. The average Bonchev–Trinajstić information content (AvgIpc) is 2.94. The first kappa shape index (κ1) is 37.6. The van der Waals surface area contributed by atoms with Gasteiger partial charge in [-0.1, -0.05) is 0 Å². The number of alkyl halides is 12. The maximum Gasteiger partial charge on any atom is 0.416 e. The van der Waals surface area contributed by atoms with Gasteiger partial charge in [0.05, 0.1) is 22.3 Å². The number of hydrogen-bond donors (Lipinski definition) is 2. The molecular formula is C28H26F12N4O3. The summed E-state index contributed by atoms with van der Waals surface area (Å²) in [6.07, 6.45) is -24.7. The van der Waals surface area contributed by atoms with Crippen molar-refractivity contribution in [2.24, 2.45) is 16.9 Å². The molecule has 2 aromatic rings. The van der Waals surface area contributed by atoms with E-state index < -0.39 is 107 Å². The highest BCUT2D eigenvalue weighted by Crippen LogP contribution is 2.43. The third kappa shape index (κ3) is 8.35. The highest BCUT2D eigenvalue weighted by Gasteiger charge is 2.57. The molecule has 0 radical (unpaired) electrons. The molecule has 0 bridgehead atoms. The largest absolute Gasteiger partial charge is 0.416 e. The van der Waals surface area contributed by atoms with Gasteiger partial charge in [0.1, 0.15) is 5.41 Å². The fraction of sp³-hybridized carbons (Fsp3) is 0.464. The van der Waals surface area contributed by atoms with Gasteiger partial charge in [0.25, 0.3) is 0 Å². The van der Waals surface area contributed by atoms with Gasteiger partial charge in [-0.2, -0.15) is 52.7 Å². The highest BCUT2D eigenvalue weighted by molar-refractivity contribution is 6.19. The minimum absolute atomic E-state index is 0.143. The van der Waals surface area contributed by atoms with Crippen LogP contribution in [0.3, 0.4) is 0 Å². The first-order valence-corrected chi connectivity index (χ1v) is 13.6. The Morgan fingerprint density at radius 2 is 0.787 bits per heavy atom. The zero-order chi connectivity index (χ0) is 35.8. The minimum Gasteiger partial charge on any atom is -0.330 e. The normalized spacial score (nSPS) is 16.3. The summed E-state index contributed by atoms with van der Waals surface area (Å²) in [7, 11) is 0. The Morgan fingerprint density at radius 1 is 0.511 bits per heavy atom. The lowest BCUT2D eigenvalue weighted by molar-refractivity contribution is -0.159. The van der Waals surface area contributed by atoms with Crippen molar-refractivity contribution >= 4 is 17.8 Å². The van der Waals surface area contributed by atoms with Gasteiger partial charge in [-0.15, -0.1) is 0 Å². The van der Waals surface area contributed by atoms with Crippen molar-refractivity contribution in [1.82, 2.24) is 9.80 Å². The van der Waals surface area contributed by atoms with Gasteiger partial charge >= 0.3 is 30.7 Å². The third-order valence-corrected chi connectivity index (χ3v) is 7.25. The van der Waals surface area contributed by atoms with Crippen molar-refractivity contribution in [3.8, 4) is 0 Å². The molecule has 1 aliphatic rings. The van der Waals surface area contributed by atoms with Crippen molar-refractivity contribution in [1.29, 1.82) is 0 Å². The number of carbonyl (C=O) groups excluding carboxylic acids is 3. The molecule has 0 spiro atoms. The number of carbonyl (C=O) groups is 3. The van der Waals surface area contributed by atoms with Crippen LogP contribution in [0.5, 0.6) is 0 Å². The van der Waals surface area contributed by atoms with Crippen LogP contribution in [0.15, 0.2) is 36.4 Å². The number of barbiturate groups is 1. The van der Waals surface area contributed by atoms with Crippen molar-refractivity contribution in [2.45, 2.75) is 50.4 Å². The Bertz CT molecular complexity index is 1330. The number of urea groups is 1. The number of halogens is 12. The van der Waals surface area contributed by atoms with E-state index in [-0.39, 0.29) is 62.3 Å². The molecule has 4 N–H and O–H groups in total. The van der Waals surface area contributed by atoms with Gasteiger partial charge in [0.15, 0.2) is 0 Å². The molecule has 1 aliphatic heterocycles. The number of nitrogens with zero attached hydrogens (tertiary/aromatic N) is 2. The highest BCUT2D eigenvalue weighted by atomic mass is 19.4. The summed E-state index contributed by atoms with van der Waals surface area (Å²) in [5.41, 5.74) is -1.53. The van der Waals surface area contributed by atoms with Gasteiger partial charge < -0.3 is 11.5 Å². The number of benzene rings is 2. The zero-order valence-corrected chi connectivity index (χ0v) is 23.9. The number of hydrogen-bond acceptors (Lipinski definition) is 5. The molecule has 260 valence electrons. The first-order valence-electron chi connectivity index (χ1n) is 13.6. The van der Waals surface area contributed by atoms with E-state index in [1.165, 1.54) is 0 Å². The summed E-state index contributed by atoms with van der Waals surface area (Å²) in [5.74, 6) is -3.14. The second kappa shape index (κ2) is 13.3. The fourth-order valence-electron chi connectivity index (χ4n) is 5.13. The van der Waals surface area contributed by atoms with Crippen LogP contribution in [0.1, 0.15) is 46.2 Å². The molecule has 7 nitrogen and oxygen atoms in total. The summed E-state index contributed by atoms with van der Waals surface area (Å²) < 4.78 is 164. The summed E-state index contributed by atoms with van der Waals surface area (Å²) in [5, 5.41) is 0. The monoisotopic (exact) mass is 694 g/mol. The number of rotatable bonds is 10. The molecule has 0 aromatic heterocycles. The molecule has 0 atom stereocenters. The quantitative estimate of drug-likeness (QED) is 0.234. The standard InChI is InChI=1S/C28H26F12N4O3/c29-25(30,31)17-7-15(8-18(11-17)26(32,33)34)13-24(14-16-9-19(27(35,36)37)12-20(10-16)28(38,39)40)21(45)43(5-1-3-41)23(47)44(22(24)46)6-2-4-42/h7-12H,1-6,13-14,41-42H2. The second-order valence-electron chi connectivity index (χ2n) is 10.7. The van der Waals surface area contributed by atoms with Crippen molar-refractivity contribution in [3.63, 3.8) is 0 Å². The molecule has 19 heteroatoms. The Kier molecular flexibility index (Phi) is 10.7. The smallest absolute Gasteiger partial charge is 0.330 e. The molecule has 1 saturated heterocycles. The van der Waals surface area contributed by atoms with Gasteiger partial charge in [0, 0.05) is 13.1 Å². The fourth-order valence-corrected chi connectivity index (χ4v) is 5.13. The Morgan fingerprint density at radius 3 is 1.02 bits per heavy atom. The van der Waals surface area contributed by atoms with Gasteiger partial charge in [-0.05, 0) is 86.3 Å². The van der Waals surface area contributed by atoms with Crippen LogP contribution >= 0.6 is 0 Å². The molecule has 1 heterocycles. The van der Waals surface area contributed by atoms with E-state index in [2.05, 4.69) is 0 Å². The molecule has 4 amide bonds. The van der Waals surface area contributed by atoms with E-state index in [0.717, 1.165) is 0 Å². The summed E-state index contributed by atoms with van der Waals surface area (Å²) in [6, 6.07) is -1.16. The maximum absolute atomic E-state index is 14.0. The number of nitrogens with two attached hydrogens (primary N) is 2. The third-order valence-electron chi connectivity index (χ3n) is 7.25. The first-order chi connectivity index (χ1) is 21.5. The molecule has 47 heavy (non-hydrogen) atoms. The molecule has 0 unspecified atom stereocenters. The Labute approximate surface area is 258 Å². The molecule has 0 aliphatic carbocycles. The van der Waals surface area contributed by atoms with Crippen LogP contribution in [-0.2, 0) is 47.1 Å². The maximum atomic E-state index is 14.0. The number of imide groups is 2. The van der Waals surface area contributed by atoms with Crippen LogP contribution in [0, 0.1) is 5.41 Å². The number of amides is 4. The van der Waals surface area contributed by atoms with Gasteiger partial charge in [0.2, 0.25) is 11.8 Å². The molecule has 1 fully saturated rings. The summed E-state index contributed by atoms with van der Waals surface area (Å²) in [4.78, 5) is 42.1. The predicted octanol–water partition coefficient (Wildman–Crippen LogP) is 6.02. The van der Waals surface area contributed by atoms with E-state index in [1.54, 1.807) is 0 Å². The summed E-state index contributed by atoms with van der Waals surface area (Å²) in [6.45, 7) is -1.47. The van der Waals surface area contributed by atoms with Crippen molar-refractivity contribution < 1.29 is 67.1 Å². The van der Waals surface area contributed by atoms with E-state index in [4.69, 9.17) is 11.5 Å². The van der Waals surface area contributed by atoms with E-state index in [0.29, 0.717) is 9.80 Å². The van der Waals surface area contributed by atoms with Crippen LogP contribution < -0.4 is 11.5 Å². The Balaban J connectivity index is 2.40. The summed E-state index contributed by atoms with van der Waals surface area (Å²) >= 11 is 0. The van der Waals surface area contributed by atoms with Crippen LogP contribution in [0.4, 0.5) is 57.5 Å². The van der Waals surface area contributed by atoms with Gasteiger partial charge in [-0.3, -0.25) is 19.4 Å². The minimum atomic E-state index is -5.40. The topological polar surface area (TPSA) is 110 Å².